The third-order valence-electron chi connectivity index (χ3n) is 4.43. The van der Waals surface area contributed by atoms with Gasteiger partial charge in [-0.25, -0.2) is 9.37 Å². The molecule has 1 N–H and O–H groups in total. The summed E-state index contributed by atoms with van der Waals surface area (Å²) in [7, 11) is 0. The van der Waals surface area contributed by atoms with Crippen molar-refractivity contribution < 1.29 is 13.9 Å². The van der Waals surface area contributed by atoms with Crippen LogP contribution in [-0.4, -0.2) is 21.9 Å². The Labute approximate surface area is 175 Å². The number of halogens is 2. The van der Waals surface area contributed by atoms with Crippen LogP contribution >= 0.6 is 22.9 Å². The molecule has 0 bridgehead atoms. The van der Waals surface area contributed by atoms with Crippen LogP contribution in [0.15, 0.2) is 54.7 Å². The molecule has 0 aliphatic carbocycles. The van der Waals surface area contributed by atoms with Crippen molar-refractivity contribution in [1.29, 1.82) is 0 Å². The molecule has 2 heterocycles. The van der Waals surface area contributed by atoms with Gasteiger partial charge >= 0.3 is 0 Å². The number of amides is 1. The van der Waals surface area contributed by atoms with Crippen molar-refractivity contribution in [2.75, 3.05) is 6.61 Å². The van der Waals surface area contributed by atoms with Crippen LogP contribution in [-0.2, 0) is 11.3 Å². The van der Waals surface area contributed by atoms with Crippen molar-refractivity contribution in [3.05, 3.63) is 76.1 Å². The summed E-state index contributed by atoms with van der Waals surface area (Å²) in [6, 6.07) is 13.3. The van der Waals surface area contributed by atoms with E-state index in [1.807, 2.05) is 17.5 Å². The normalized spacial score (nSPS) is 11.0. The van der Waals surface area contributed by atoms with Gasteiger partial charge in [0.25, 0.3) is 5.91 Å². The van der Waals surface area contributed by atoms with Crippen LogP contribution in [0.3, 0.4) is 0 Å². The molecule has 0 spiro atoms. The fourth-order valence-corrected chi connectivity index (χ4v) is 4.09. The molecule has 148 valence electrons. The van der Waals surface area contributed by atoms with Crippen LogP contribution in [0.5, 0.6) is 5.75 Å². The first-order valence-corrected chi connectivity index (χ1v) is 10.1. The number of nitrogens with one attached hydrogen (secondary N) is 1. The number of hydrogen-bond acceptors (Lipinski definition) is 4. The number of imidazole rings is 1. The lowest BCUT2D eigenvalue weighted by Crippen LogP contribution is -2.28. The van der Waals surface area contributed by atoms with Crippen LogP contribution in [0, 0.1) is 12.7 Å². The van der Waals surface area contributed by atoms with Crippen molar-refractivity contribution in [3.63, 3.8) is 0 Å². The lowest BCUT2D eigenvalue weighted by Gasteiger charge is -2.08. The van der Waals surface area contributed by atoms with Crippen molar-refractivity contribution in [2.24, 2.45) is 0 Å². The van der Waals surface area contributed by atoms with Gasteiger partial charge in [0.15, 0.2) is 11.6 Å². The Morgan fingerprint density at radius 2 is 2.00 bits per heavy atom. The molecular formula is C21H17ClFN3O2S. The van der Waals surface area contributed by atoms with Gasteiger partial charge < -0.3 is 10.1 Å². The first kappa shape index (κ1) is 19.4. The van der Waals surface area contributed by atoms with Gasteiger partial charge in [-0.2, -0.15) is 0 Å². The minimum Gasteiger partial charge on any atom is -0.482 e. The highest BCUT2D eigenvalue weighted by Crippen LogP contribution is 2.27. The Kier molecular flexibility index (Phi) is 5.51. The highest BCUT2D eigenvalue weighted by atomic mass is 35.5. The van der Waals surface area contributed by atoms with Gasteiger partial charge in [-0.3, -0.25) is 9.20 Å². The zero-order valence-corrected chi connectivity index (χ0v) is 17.1. The van der Waals surface area contributed by atoms with E-state index < -0.39 is 0 Å². The van der Waals surface area contributed by atoms with Gasteiger partial charge in [0, 0.05) is 22.3 Å². The van der Waals surface area contributed by atoms with Gasteiger partial charge in [-0.05, 0) is 43.3 Å². The summed E-state index contributed by atoms with van der Waals surface area (Å²) in [4.78, 5) is 18.5. The van der Waals surface area contributed by atoms with E-state index in [9.17, 15) is 9.18 Å². The topological polar surface area (TPSA) is 55.6 Å². The zero-order chi connectivity index (χ0) is 20.4. The maximum absolute atomic E-state index is 13.1. The summed E-state index contributed by atoms with van der Waals surface area (Å²) in [6.07, 6.45) is 1.92. The monoisotopic (exact) mass is 429 g/mol. The predicted molar refractivity (Wildman–Crippen MR) is 112 cm³/mol. The first-order chi connectivity index (χ1) is 14.0. The molecule has 2 aromatic carbocycles. The number of carbonyl (C=O) groups is 1. The zero-order valence-electron chi connectivity index (χ0n) is 15.5. The standard InChI is InChI=1S/C21H17ClFN3O2S/c1-13-19(10-24-20(27)12-28-18-5-3-2-4-16(18)22)29-21-25-17(11-26(13)21)14-6-8-15(23)9-7-14/h2-9,11H,10,12H2,1H3,(H,24,27). The summed E-state index contributed by atoms with van der Waals surface area (Å²) < 4.78 is 20.5. The minimum absolute atomic E-state index is 0.111. The second-order valence-electron chi connectivity index (χ2n) is 6.39. The third-order valence-corrected chi connectivity index (χ3v) is 5.90. The number of carbonyl (C=O) groups excluding carboxylic acids is 1. The first-order valence-electron chi connectivity index (χ1n) is 8.88. The second-order valence-corrected chi connectivity index (χ2v) is 7.86. The van der Waals surface area contributed by atoms with Crippen molar-refractivity contribution in [3.8, 4) is 17.0 Å². The van der Waals surface area contributed by atoms with Crippen LogP contribution < -0.4 is 10.1 Å². The Morgan fingerprint density at radius 1 is 1.24 bits per heavy atom. The van der Waals surface area contributed by atoms with E-state index >= 15 is 0 Å². The maximum Gasteiger partial charge on any atom is 0.258 e. The average molecular weight is 430 g/mol. The second kappa shape index (κ2) is 8.23. The number of aryl methyl sites for hydroxylation is 1. The van der Waals surface area contributed by atoms with E-state index in [0.29, 0.717) is 17.3 Å². The van der Waals surface area contributed by atoms with E-state index in [1.54, 1.807) is 36.4 Å². The van der Waals surface area contributed by atoms with Gasteiger partial charge in [-0.15, -0.1) is 0 Å². The van der Waals surface area contributed by atoms with E-state index in [2.05, 4.69) is 10.3 Å². The molecule has 0 aliphatic heterocycles. The molecule has 5 nitrogen and oxygen atoms in total. The molecule has 0 saturated carbocycles. The van der Waals surface area contributed by atoms with Crippen LogP contribution in [0.25, 0.3) is 16.2 Å². The molecule has 0 aliphatic rings. The lowest BCUT2D eigenvalue weighted by molar-refractivity contribution is -0.123. The van der Waals surface area contributed by atoms with Gasteiger partial charge in [0.2, 0.25) is 0 Å². The van der Waals surface area contributed by atoms with Gasteiger partial charge in [-0.1, -0.05) is 35.1 Å². The number of hydrogen-bond donors (Lipinski definition) is 1. The van der Waals surface area contributed by atoms with E-state index in [0.717, 1.165) is 26.8 Å². The molecule has 0 fully saturated rings. The van der Waals surface area contributed by atoms with E-state index in [4.69, 9.17) is 16.3 Å². The lowest BCUT2D eigenvalue weighted by atomic mass is 10.2. The summed E-state index contributed by atoms with van der Waals surface area (Å²) in [5, 5.41) is 3.32. The maximum atomic E-state index is 13.1. The number of thiazole rings is 1. The van der Waals surface area contributed by atoms with Crippen LogP contribution in [0.1, 0.15) is 10.6 Å². The molecule has 0 saturated heterocycles. The highest BCUT2D eigenvalue weighted by molar-refractivity contribution is 7.17. The van der Waals surface area contributed by atoms with E-state index in [1.165, 1.54) is 23.5 Å². The number of fused-ring (bicyclic) bond motifs is 1. The Morgan fingerprint density at radius 3 is 2.72 bits per heavy atom. The molecule has 4 rings (SSSR count). The van der Waals surface area contributed by atoms with Gasteiger partial charge in [0.05, 0.1) is 17.3 Å². The number of aromatic nitrogens is 2. The fraction of sp³-hybridized carbons (Fsp3) is 0.143. The summed E-state index contributed by atoms with van der Waals surface area (Å²) in [5.41, 5.74) is 2.63. The molecule has 8 heteroatoms. The molecule has 1 amide bonds. The number of rotatable bonds is 6. The van der Waals surface area contributed by atoms with Crippen LogP contribution in [0.2, 0.25) is 5.02 Å². The van der Waals surface area contributed by atoms with Gasteiger partial charge in [0.1, 0.15) is 11.6 Å². The predicted octanol–water partition coefficient (Wildman–Crippen LogP) is 4.86. The van der Waals surface area contributed by atoms with Crippen molar-refractivity contribution in [2.45, 2.75) is 13.5 Å². The quantitative estimate of drug-likeness (QED) is 0.476. The smallest absolute Gasteiger partial charge is 0.258 e. The molecule has 0 radical (unpaired) electrons. The van der Waals surface area contributed by atoms with Crippen molar-refractivity contribution >= 4 is 33.8 Å². The molecule has 0 unspecified atom stereocenters. The summed E-state index contributed by atoms with van der Waals surface area (Å²) >= 11 is 7.52. The Balaban J connectivity index is 1.40. The number of nitrogens with zero attached hydrogens (tertiary/aromatic N) is 2. The fourth-order valence-electron chi connectivity index (χ4n) is 2.85. The number of ether oxygens (including phenoxy) is 1. The molecule has 2 aromatic heterocycles. The molecule has 29 heavy (non-hydrogen) atoms. The SMILES string of the molecule is Cc1c(CNC(=O)COc2ccccc2Cl)sc2nc(-c3ccc(F)cc3)cn12. The minimum atomic E-state index is -0.275. The highest BCUT2D eigenvalue weighted by Gasteiger charge is 2.14. The Bertz CT molecular complexity index is 1170. The third kappa shape index (κ3) is 4.26. The summed E-state index contributed by atoms with van der Waals surface area (Å²) in [6.45, 7) is 2.25. The molecular weight excluding hydrogens is 413 g/mol. The van der Waals surface area contributed by atoms with Crippen molar-refractivity contribution in [1.82, 2.24) is 14.7 Å². The number of para-hydroxylation sites is 1. The molecule has 4 aromatic rings. The average Bonchev–Trinajstić information content (AvgIpc) is 3.26. The molecule has 0 atom stereocenters. The Hall–Kier alpha value is -2.90. The van der Waals surface area contributed by atoms with E-state index in [-0.39, 0.29) is 18.3 Å². The summed E-state index contributed by atoms with van der Waals surface area (Å²) in [5.74, 6) is -0.0340. The largest absolute Gasteiger partial charge is 0.482 e. The number of benzene rings is 2. The van der Waals surface area contributed by atoms with Crippen LogP contribution in [0.4, 0.5) is 4.39 Å².